The summed E-state index contributed by atoms with van der Waals surface area (Å²) in [7, 11) is 1.94. The smallest absolute Gasteiger partial charge is 0.222 e. The third-order valence-corrected chi connectivity index (χ3v) is 4.80. The van der Waals surface area contributed by atoms with Crippen LogP contribution in [-0.4, -0.2) is 47.2 Å². The highest BCUT2D eigenvalue weighted by molar-refractivity contribution is 5.75. The molecule has 0 aliphatic carbocycles. The Morgan fingerprint density at radius 1 is 1.48 bits per heavy atom. The van der Waals surface area contributed by atoms with Crippen LogP contribution in [0.15, 0.2) is 12.4 Å². The van der Waals surface area contributed by atoms with E-state index in [0.29, 0.717) is 18.3 Å². The van der Waals surface area contributed by atoms with Crippen LogP contribution in [0.5, 0.6) is 0 Å². The summed E-state index contributed by atoms with van der Waals surface area (Å²) >= 11 is 0. The number of aromatic nitrogens is 2. The van der Waals surface area contributed by atoms with E-state index in [9.17, 15) is 4.79 Å². The average molecular weight is 291 g/mol. The number of fused-ring (bicyclic) bond motifs is 1. The monoisotopic (exact) mass is 291 g/mol. The Morgan fingerprint density at radius 2 is 2.38 bits per heavy atom. The van der Waals surface area contributed by atoms with Crippen molar-refractivity contribution in [3.63, 3.8) is 0 Å². The minimum absolute atomic E-state index is 0.274. The van der Waals surface area contributed by atoms with Crippen molar-refractivity contribution < 1.29 is 9.53 Å². The van der Waals surface area contributed by atoms with Crippen molar-refractivity contribution in [3.8, 4) is 0 Å². The van der Waals surface area contributed by atoms with Crippen molar-refractivity contribution in [1.82, 2.24) is 14.5 Å². The molecule has 5 heteroatoms. The number of carbonyl (C=O) groups excluding carboxylic acids is 1. The molecule has 3 heterocycles. The SMILES string of the molecule is CN(C[C@H]1CCn2ccnc2C1)C(=O)CC[C@@H]1CCOC1. The highest BCUT2D eigenvalue weighted by Crippen LogP contribution is 2.21. The van der Waals surface area contributed by atoms with E-state index in [4.69, 9.17) is 4.74 Å². The Bertz CT molecular complexity index is 480. The number of ether oxygens (including phenoxy) is 1. The molecule has 0 spiro atoms. The average Bonchev–Trinajstić information content (AvgIpc) is 3.15. The third kappa shape index (κ3) is 3.64. The molecular formula is C16H25N3O2. The predicted octanol–water partition coefficient (Wildman–Crippen LogP) is 1.72. The second-order valence-electron chi connectivity index (χ2n) is 6.44. The number of hydrogen-bond donors (Lipinski definition) is 0. The summed E-state index contributed by atoms with van der Waals surface area (Å²) in [4.78, 5) is 18.5. The van der Waals surface area contributed by atoms with Crippen molar-refractivity contribution in [2.45, 2.75) is 38.6 Å². The molecule has 21 heavy (non-hydrogen) atoms. The number of imidazole rings is 1. The Balaban J connectivity index is 1.43. The fourth-order valence-electron chi connectivity index (χ4n) is 3.39. The lowest BCUT2D eigenvalue weighted by Gasteiger charge is -2.28. The third-order valence-electron chi connectivity index (χ3n) is 4.80. The summed E-state index contributed by atoms with van der Waals surface area (Å²) in [5, 5.41) is 0. The number of nitrogens with zero attached hydrogens (tertiary/aromatic N) is 3. The molecule has 2 aliphatic rings. The maximum absolute atomic E-state index is 12.2. The van der Waals surface area contributed by atoms with Gasteiger partial charge in [-0.25, -0.2) is 4.98 Å². The zero-order chi connectivity index (χ0) is 14.7. The molecule has 1 fully saturated rings. The van der Waals surface area contributed by atoms with Crippen molar-refractivity contribution in [2.75, 3.05) is 26.8 Å². The first-order chi connectivity index (χ1) is 10.2. The molecule has 1 aromatic heterocycles. The molecule has 3 rings (SSSR count). The van der Waals surface area contributed by atoms with Crippen LogP contribution in [0.4, 0.5) is 0 Å². The van der Waals surface area contributed by atoms with Gasteiger partial charge in [0, 0.05) is 58.6 Å². The lowest BCUT2D eigenvalue weighted by Crippen LogP contribution is -2.35. The normalized spacial score (nSPS) is 24.8. The van der Waals surface area contributed by atoms with Crippen molar-refractivity contribution in [2.24, 2.45) is 11.8 Å². The van der Waals surface area contributed by atoms with E-state index < -0.39 is 0 Å². The van der Waals surface area contributed by atoms with E-state index >= 15 is 0 Å². The van der Waals surface area contributed by atoms with Crippen molar-refractivity contribution in [3.05, 3.63) is 18.2 Å². The molecule has 5 nitrogen and oxygen atoms in total. The van der Waals surface area contributed by atoms with Gasteiger partial charge in [-0.2, -0.15) is 0 Å². The Kier molecular flexibility index (Phi) is 4.58. The van der Waals surface area contributed by atoms with Crippen LogP contribution < -0.4 is 0 Å². The van der Waals surface area contributed by atoms with Crippen LogP contribution in [0, 0.1) is 11.8 Å². The van der Waals surface area contributed by atoms with Crippen molar-refractivity contribution in [1.29, 1.82) is 0 Å². The molecule has 1 saturated heterocycles. The highest BCUT2D eigenvalue weighted by atomic mass is 16.5. The van der Waals surface area contributed by atoms with Gasteiger partial charge >= 0.3 is 0 Å². The van der Waals surface area contributed by atoms with Crippen LogP contribution in [0.3, 0.4) is 0 Å². The summed E-state index contributed by atoms with van der Waals surface area (Å²) in [6.07, 6.45) is 8.78. The largest absolute Gasteiger partial charge is 0.381 e. The molecule has 0 radical (unpaired) electrons. The molecule has 1 aromatic rings. The van der Waals surface area contributed by atoms with Gasteiger partial charge in [0.1, 0.15) is 5.82 Å². The van der Waals surface area contributed by atoms with E-state index in [1.54, 1.807) is 0 Å². The minimum atomic E-state index is 0.274. The Labute approximate surface area is 126 Å². The zero-order valence-electron chi connectivity index (χ0n) is 12.8. The maximum Gasteiger partial charge on any atom is 0.222 e. The quantitative estimate of drug-likeness (QED) is 0.830. The van der Waals surface area contributed by atoms with Gasteiger partial charge < -0.3 is 14.2 Å². The maximum atomic E-state index is 12.2. The summed E-state index contributed by atoms with van der Waals surface area (Å²) < 4.78 is 7.58. The van der Waals surface area contributed by atoms with Crippen LogP contribution in [0.2, 0.25) is 0 Å². The molecular weight excluding hydrogens is 266 g/mol. The first-order valence-corrected chi connectivity index (χ1v) is 8.04. The van der Waals surface area contributed by atoms with E-state index in [1.807, 2.05) is 24.3 Å². The Morgan fingerprint density at radius 3 is 3.19 bits per heavy atom. The van der Waals surface area contributed by atoms with Crippen LogP contribution in [0.1, 0.15) is 31.5 Å². The molecule has 0 N–H and O–H groups in total. The fourth-order valence-corrected chi connectivity index (χ4v) is 3.39. The second kappa shape index (κ2) is 6.60. The van der Waals surface area contributed by atoms with Gasteiger partial charge in [-0.05, 0) is 31.1 Å². The fraction of sp³-hybridized carbons (Fsp3) is 0.750. The van der Waals surface area contributed by atoms with E-state index in [1.165, 1.54) is 0 Å². The van der Waals surface area contributed by atoms with Crippen LogP contribution in [-0.2, 0) is 22.5 Å². The summed E-state index contributed by atoms with van der Waals surface area (Å²) in [5.74, 6) is 2.57. The van der Waals surface area contributed by atoms with Crippen LogP contribution in [0.25, 0.3) is 0 Å². The van der Waals surface area contributed by atoms with Crippen LogP contribution >= 0.6 is 0 Å². The van der Waals surface area contributed by atoms with Gasteiger partial charge in [-0.15, -0.1) is 0 Å². The first kappa shape index (κ1) is 14.6. The molecule has 0 saturated carbocycles. The second-order valence-corrected chi connectivity index (χ2v) is 6.44. The summed E-state index contributed by atoms with van der Waals surface area (Å²) in [6, 6.07) is 0. The molecule has 116 valence electrons. The molecule has 0 aromatic carbocycles. The number of amides is 1. The predicted molar refractivity (Wildman–Crippen MR) is 79.8 cm³/mol. The minimum Gasteiger partial charge on any atom is -0.381 e. The van der Waals surface area contributed by atoms with E-state index in [0.717, 1.165) is 57.8 Å². The summed E-state index contributed by atoms with van der Waals surface area (Å²) in [6.45, 7) is 3.58. The number of aryl methyl sites for hydroxylation is 1. The van der Waals surface area contributed by atoms with Gasteiger partial charge in [-0.1, -0.05) is 0 Å². The van der Waals surface area contributed by atoms with E-state index in [-0.39, 0.29) is 5.91 Å². The Hall–Kier alpha value is -1.36. The van der Waals surface area contributed by atoms with Gasteiger partial charge in [0.25, 0.3) is 0 Å². The molecule has 2 atom stereocenters. The highest BCUT2D eigenvalue weighted by Gasteiger charge is 2.23. The van der Waals surface area contributed by atoms with Gasteiger partial charge in [0.15, 0.2) is 0 Å². The van der Waals surface area contributed by atoms with E-state index in [2.05, 4.69) is 9.55 Å². The molecule has 0 bridgehead atoms. The lowest BCUT2D eigenvalue weighted by molar-refractivity contribution is -0.130. The van der Waals surface area contributed by atoms with Gasteiger partial charge in [0.05, 0.1) is 0 Å². The topological polar surface area (TPSA) is 47.4 Å². The molecule has 2 aliphatic heterocycles. The van der Waals surface area contributed by atoms with Gasteiger partial charge in [0.2, 0.25) is 5.91 Å². The zero-order valence-corrected chi connectivity index (χ0v) is 12.8. The number of rotatable bonds is 5. The lowest BCUT2D eigenvalue weighted by atomic mass is 9.97. The molecule has 0 unspecified atom stereocenters. The first-order valence-electron chi connectivity index (χ1n) is 8.04. The standard InChI is InChI=1S/C16H25N3O2/c1-18(16(20)3-2-13-5-9-21-12-13)11-14-4-7-19-8-6-17-15(19)10-14/h6,8,13-14H,2-5,7,9-12H2,1H3/t13-,14+/m1/s1. The molecule has 1 amide bonds. The van der Waals surface area contributed by atoms with Gasteiger partial charge in [-0.3, -0.25) is 4.79 Å². The number of hydrogen-bond acceptors (Lipinski definition) is 3. The summed E-state index contributed by atoms with van der Waals surface area (Å²) in [5.41, 5.74) is 0. The van der Waals surface area contributed by atoms with Crippen molar-refractivity contribution >= 4 is 5.91 Å². The number of carbonyl (C=O) groups is 1.